The molecule has 0 fully saturated rings. The molecule has 1 aromatic carbocycles. The van der Waals surface area contributed by atoms with E-state index >= 15 is 0 Å². The van der Waals surface area contributed by atoms with Gasteiger partial charge in [-0.25, -0.2) is 4.39 Å². The highest BCUT2D eigenvalue weighted by atomic mass is 79.9. The molecule has 0 aliphatic rings. The zero-order valence-electron chi connectivity index (χ0n) is 11.7. The first-order valence-electron chi connectivity index (χ1n) is 6.82. The summed E-state index contributed by atoms with van der Waals surface area (Å²) >= 11 is 5.24. The minimum Gasteiger partial charge on any atom is -0.310 e. The molecule has 1 heterocycles. The van der Waals surface area contributed by atoms with Crippen LogP contribution in [0.1, 0.15) is 35.4 Å². The topological polar surface area (TPSA) is 12.0 Å². The lowest BCUT2D eigenvalue weighted by Crippen LogP contribution is -2.24. The maximum Gasteiger partial charge on any atom is 0.126 e. The van der Waals surface area contributed by atoms with E-state index in [-0.39, 0.29) is 11.9 Å². The SMILES string of the molecule is CCCNC(Cc1cc(Br)cs1)c1ccc(F)c(C)c1. The van der Waals surface area contributed by atoms with Gasteiger partial charge in [-0.3, -0.25) is 0 Å². The molecular formula is C16H19BrFNS. The van der Waals surface area contributed by atoms with E-state index < -0.39 is 0 Å². The summed E-state index contributed by atoms with van der Waals surface area (Å²) in [5.41, 5.74) is 1.86. The molecule has 20 heavy (non-hydrogen) atoms. The maximum atomic E-state index is 13.4. The molecule has 0 bridgehead atoms. The molecule has 108 valence electrons. The van der Waals surface area contributed by atoms with E-state index in [2.05, 4.69) is 39.6 Å². The van der Waals surface area contributed by atoms with Crippen LogP contribution in [0.15, 0.2) is 34.1 Å². The van der Waals surface area contributed by atoms with Crippen molar-refractivity contribution in [2.24, 2.45) is 0 Å². The van der Waals surface area contributed by atoms with Crippen molar-refractivity contribution in [1.29, 1.82) is 0 Å². The molecule has 0 saturated heterocycles. The summed E-state index contributed by atoms with van der Waals surface area (Å²) in [6, 6.07) is 7.79. The van der Waals surface area contributed by atoms with Crippen molar-refractivity contribution in [1.82, 2.24) is 5.32 Å². The summed E-state index contributed by atoms with van der Waals surface area (Å²) in [5.74, 6) is -0.137. The van der Waals surface area contributed by atoms with Crippen LogP contribution in [0.3, 0.4) is 0 Å². The van der Waals surface area contributed by atoms with E-state index in [1.54, 1.807) is 17.4 Å². The first-order valence-corrected chi connectivity index (χ1v) is 8.49. The van der Waals surface area contributed by atoms with E-state index in [4.69, 9.17) is 0 Å². The highest BCUT2D eigenvalue weighted by molar-refractivity contribution is 9.10. The Labute approximate surface area is 132 Å². The Kier molecular flexibility index (Phi) is 5.75. The zero-order valence-corrected chi connectivity index (χ0v) is 14.2. The van der Waals surface area contributed by atoms with Gasteiger partial charge in [0.05, 0.1) is 0 Å². The molecule has 2 rings (SSSR count). The molecular weight excluding hydrogens is 337 g/mol. The van der Waals surface area contributed by atoms with Crippen LogP contribution in [0.25, 0.3) is 0 Å². The number of hydrogen-bond donors (Lipinski definition) is 1. The second-order valence-corrected chi connectivity index (χ2v) is 6.86. The van der Waals surface area contributed by atoms with Gasteiger partial charge in [0.15, 0.2) is 0 Å². The van der Waals surface area contributed by atoms with Crippen LogP contribution in [0.2, 0.25) is 0 Å². The Morgan fingerprint density at radius 1 is 1.35 bits per heavy atom. The Bertz CT molecular complexity index is 567. The molecule has 0 saturated carbocycles. The molecule has 0 aliphatic carbocycles. The van der Waals surface area contributed by atoms with Crippen LogP contribution >= 0.6 is 27.3 Å². The Hall–Kier alpha value is -0.710. The lowest BCUT2D eigenvalue weighted by Gasteiger charge is -2.19. The lowest BCUT2D eigenvalue weighted by atomic mass is 10.0. The fourth-order valence-electron chi connectivity index (χ4n) is 2.17. The molecule has 1 unspecified atom stereocenters. The zero-order chi connectivity index (χ0) is 14.5. The van der Waals surface area contributed by atoms with Gasteiger partial charge in [0.2, 0.25) is 0 Å². The van der Waals surface area contributed by atoms with E-state index in [1.807, 2.05) is 19.1 Å². The van der Waals surface area contributed by atoms with Crippen molar-refractivity contribution in [3.05, 3.63) is 55.9 Å². The van der Waals surface area contributed by atoms with Gasteiger partial charge in [-0.2, -0.15) is 0 Å². The summed E-state index contributed by atoms with van der Waals surface area (Å²) in [5, 5.41) is 5.66. The van der Waals surface area contributed by atoms with Crippen molar-refractivity contribution < 1.29 is 4.39 Å². The molecule has 1 nitrogen and oxygen atoms in total. The van der Waals surface area contributed by atoms with Crippen molar-refractivity contribution in [2.75, 3.05) is 6.54 Å². The van der Waals surface area contributed by atoms with Crippen LogP contribution < -0.4 is 5.32 Å². The molecule has 1 aromatic heterocycles. The predicted octanol–water partition coefficient (Wildman–Crippen LogP) is 5.24. The number of nitrogens with one attached hydrogen (secondary N) is 1. The summed E-state index contributed by atoms with van der Waals surface area (Å²) in [6.07, 6.45) is 2.02. The Morgan fingerprint density at radius 3 is 2.75 bits per heavy atom. The second-order valence-electron chi connectivity index (χ2n) is 4.95. The molecule has 0 radical (unpaired) electrons. The third kappa shape index (κ3) is 4.14. The van der Waals surface area contributed by atoms with E-state index in [0.29, 0.717) is 5.56 Å². The largest absolute Gasteiger partial charge is 0.310 e. The van der Waals surface area contributed by atoms with Crippen LogP contribution in [-0.2, 0) is 6.42 Å². The van der Waals surface area contributed by atoms with Crippen LogP contribution in [-0.4, -0.2) is 6.54 Å². The van der Waals surface area contributed by atoms with Crippen molar-refractivity contribution in [2.45, 2.75) is 32.7 Å². The predicted molar refractivity (Wildman–Crippen MR) is 87.9 cm³/mol. The molecule has 0 amide bonds. The van der Waals surface area contributed by atoms with Crippen LogP contribution in [0.4, 0.5) is 4.39 Å². The maximum absolute atomic E-state index is 13.4. The number of rotatable bonds is 6. The van der Waals surface area contributed by atoms with Gasteiger partial charge in [-0.15, -0.1) is 11.3 Å². The Morgan fingerprint density at radius 2 is 2.15 bits per heavy atom. The standard InChI is InChI=1S/C16H19BrFNS/c1-3-6-19-16(9-14-8-13(17)10-20-14)12-4-5-15(18)11(2)7-12/h4-5,7-8,10,16,19H,3,6,9H2,1-2H3. The molecule has 0 aliphatic heterocycles. The van der Waals surface area contributed by atoms with Crippen molar-refractivity contribution >= 4 is 27.3 Å². The average Bonchev–Trinajstić information content (AvgIpc) is 2.83. The summed E-state index contributed by atoms with van der Waals surface area (Å²) in [6.45, 7) is 4.94. The fraction of sp³-hybridized carbons (Fsp3) is 0.375. The highest BCUT2D eigenvalue weighted by Gasteiger charge is 2.14. The van der Waals surface area contributed by atoms with Crippen molar-refractivity contribution in [3.63, 3.8) is 0 Å². The first kappa shape index (κ1) is 15.7. The van der Waals surface area contributed by atoms with E-state index in [1.165, 1.54) is 4.88 Å². The fourth-order valence-corrected chi connectivity index (χ4v) is 3.67. The van der Waals surface area contributed by atoms with E-state index in [9.17, 15) is 4.39 Å². The Balaban J connectivity index is 2.19. The molecule has 2 aromatic rings. The third-order valence-electron chi connectivity index (χ3n) is 3.25. The smallest absolute Gasteiger partial charge is 0.126 e. The third-order valence-corrected chi connectivity index (χ3v) is 4.97. The molecule has 1 N–H and O–H groups in total. The van der Waals surface area contributed by atoms with Gasteiger partial charge in [-0.05, 0) is 59.1 Å². The number of thiophene rings is 1. The highest BCUT2D eigenvalue weighted by Crippen LogP contribution is 2.26. The lowest BCUT2D eigenvalue weighted by molar-refractivity contribution is 0.529. The van der Waals surface area contributed by atoms with Gasteiger partial charge in [-0.1, -0.05) is 19.1 Å². The summed E-state index contributed by atoms with van der Waals surface area (Å²) in [7, 11) is 0. The average molecular weight is 356 g/mol. The second kappa shape index (κ2) is 7.34. The first-order chi connectivity index (χ1) is 9.60. The molecule has 0 spiro atoms. The van der Waals surface area contributed by atoms with Crippen LogP contribution in [0.5, 0.6) is 0 Å². The van der Waals surface area contributed by atoms with Crippen LogP contribution in [0, 0.1) is 12.7 Å². The van der Waals surface area contributed by atoms with Gasteiger partial charge < -0.3 is 5.32 Å². The monoisotopic (exact) mass is 355 g/mol. The normalized spacial score (nSPS) is 12.6. The van der Waals surface area contributed by atoms with Gasteiger partial charge in [0.1, 0.15) is 5.82 Å². The van der Waals surface area contributed by atoms with E-state index in [0.717, 1.165) is 29.4 Å². The number of benzene rings is 1. The van der Waals surface area contributed by atoms with Gasteiger partial charge in [0, 0.05) is 27.2 Å². The molecule has 4 heteroatoms. The number of aryl methyl sites for hydroxylation is 1. The minimum atomic E-state index is -0.137. The number of hydrogen-bond acceptors (Lipinski definition) is 2. The number of halogens is 2. The van der Waals surface area contributed by atoms with Crippen molar-refractivity contribution in [3.8, 4) is 0 Å². The molecule has 1 atom stereocenters. The van der Waals surface area contributed by atoms with Gasteiger partial charge in [0.25, 0.3) is 0 Å². The summed E-state index contributed by atoms with van der Waals surface area (Å²) in [4.78, 5) is 1.33. The minimum absolute atomic E-state index is 0.137. The summed E-state index contributed by atoms with van der Waals surface area (Å²) < 4.78 is 14.5. The van der Waals surface area contributed by atoms with Gasteiger partial charge >= 0.3 is 0 Å². The quantitative estimate of drug-likeness (QED) is 0.746.